The molecular weight excluding hydrogens is 765 g/mol. The molecule has 0 spiro atoms. The van der Waals surface area contributed by atoms with Crippen LogP contribution in [0.4, 0.5) is 0 Å². The van der Waals surface area contributed by atoms with E-state index in [0.717, 1.165) is 31.4 Å². The van der Waals surface area contributed by atoms with Crippen molar-refractivity contribution < 1.29 is 33.4 Å². The molecule has 4 amide bonds. The van der Waals surface area contributed by atoms with Gasteiger partial charge in [0.15, 0.2) is 5.78 Å². The zero-order chi connectivity index (χ0) is 44.7. The van der Waals surface area contributed by atoms with Gasteiger partial charge in [0.2, 0.25) is 23.6 Å². The number of rotatable bonds is 39. The van der Waals surface area contributed by atoms with Crippen molar-refractivity contribution in [2.75, 3.05) is 46.1 Å². The van der Waals surface area contributed by atoms with Gasteiger partial charge in [-0.25, -0.2) is 4.98 Å². The fraction of sp³-hybridized carbons (Fsp3) is 0.822. The van der Waals surface area contributed by atoms with Crippen LogP contribution in [-0.4, -0.2) is 103 Å². The minimum Gasteiger partial charge on any atom is -0.377 e. The SMILES string of the molecule is CC(=O)C(C)(C)NC(=O)[C@@H](N)Cc1cnc[nH]1.CCCCCCCCCCCCCCCCCCCC(=O)NCCOCCOCC(=O)NCCCC[C@H](NCC)C(N)=O. The van der Waals surface area contributed by atoms with Crippen LogP contribution in [0.5, 0.6) is 0 Å². The monoisotopic (exact) mass is 851 g/mol. The maximum absolute atomic E-state index is 12.0. The topological polar surface area (TPSA) is 233 Å². The van der Waals surface area contributed by atoms with E-state index in [1.54, 1.807) is 20.0 Å². The number of primary amides is 1. The van der Waals surface area contributed by atoms with E-state index in [0.29, 0.717) is 58.7 Å². The van der Waals surface area contributed by atoms with Crippen molar-refractivity contribution >= 4 is 29.4 Å². The zero-order valence-electron chi connectivity index (χ0n) is 38.3. The summed E-state index contributed by atoms with van der Waals surface area (Å²) in [7, 11) is 0. The van der Waals surface area contributed by atoms with Crippen molar-refractivity contribution in [2.24, 2.45) is 11.5 Å². The minimum atomic E-state index is -0.886. The molecule has 1 aromatic heterocycles. The first-order chi connectivity index (χ1) is 28.8. The molecule has 0 aliphatic rings. The molecule has 15 heteroatoms. The second-order valence-corrected chi connectivity index (χ2v) is 16.3. The van der Waals surface area contributed by atoms with Crippen molar-refractivity contribution in [1.82, 2.24) is 31.2 Å². The lowest BCUT2D eigenvalue weighted by molar-refractivity contribution is -0.130. The number of hydrogen-bond acceptors (Lipinski definition) is 10. The molecule has 15 nitrogen and oxygen atoms in total. The molecule has 1 rings (SSSR count). The molecule has 60 heavy (non-hydrogen) atoms. The number of H-pyrrole nitrogens is 1. The lowest BCUT2D eigenvalue weighted by atomic mass is 9.99. The summed E-state index contributed by atoms with van der Waals surface area (Å²) in [5.74, 6) is -0.886. The fourth-order valence-corrected chi connectivity index (χ4v) is 6.30. The van der Waals surface area contributed by atoms with Crippen molar-refractivity contribution in [1.29, 1.82) is 0 Å². The lowest BCUT2D eigenvalue weighted by Crippen LogP contribution is -2.54. The smallest absolute Gasteiger partial charge is 0.245 e. The largest absolute Gasteiger partial charge is 0.377 e. The highest BCUT2D eigenvalue weighted by Gasteiger charge is 2.28. The van der Waals surface area contributed by atoms with E-state index in [2.05, 4.69) is 38.2 Å². The van der Waals surface area contributed by atoms with Gasteiger partial charge in [0.1, 0.15) is 6.61 Å². The Morgan fingerprint density at radius 2 is 1.28 bits per heavy atom. The van der Waals surface area contributed by atoms with Crippen LogP contribution in [0.3, 0.4) is 0 Å². The Hall–Kier alpha value is -3.40. The van der Waals surface area contributed by atoms with Gasteiger partial charge >= 0.3 is 0 Å². The van der Waals surface area contributed by atoms with Crippen LogP contribution in [0.15, 0.2) is 12.5 Å². The molecule has 0 bridgehead atoms. The number of carbonyl (C=O) groups excluding carboxylic acids is 5. The van der Waals surface area contributed by atoms with Crippen molar-refractivity contribution in [3.05, 3.63) is 18.2 Å². The second kappa shape index (κ2) is 38.5. The Labute approximate surface area is 362 Å². The standard InChI is InChI=1S/C34H68N4O5.C11H18N4O2/c1-3-5-6-7-8-9-10-11-12-13-14-15-16-17-18-19-20-24-32(39)38-26-27-42-28-29-43-30-33(40)37-25-22-21-23-31(34(35)41)36-4-2;1-7(16)11(2,3)15-10(17)9(12)4-8-5-13-6-14-8/h31,36H,3-30H2,1-2H3,(H2,35,41)(H,37,40)(H,38,39);5-6,9H,4,12H2,1-3H3,(H,13,14)(H,15,17)/t31-;9-/m00/s1. The summed E-state index contributed by atoms with van der Waals surface area (Å²) in [6, 6.07) is -1.01. The number of carbonyl (C=O) groups is 5. The molecule has 348 valence electrons. The lowest BCUT2D eigenvalue weighted by Gasteiger charge is -2.24. The van der Waals surface area contributed by atoms with E-state index in [-0.39, 0.29) is 42.1 Å². The number of nitrogens with two attached hydrogens (primary N) is 2. The van der Waals surface area contributed by atoms with Crippen LogP contribution in [0.2, 0.25) is 0 Å². The van der Waals surface area contributed by atoms with Crippen molar-refractivity contribution in [3.63, 3.8) is 0 Å². The number of ketones is 1. The summed E-state index contributed by atoms with van der Waals surface area (Å²) in [6.45, 7) is 11.8. The molecular formula is C45H86N8O7. The van der Waals surface area contributed by atoms with E-state index >= 15 is 0 Å². The number of aromatic amines is 1. The maximum Gasteiger partial charge on any atom is 0.245 e. The van der Waals surface area contributed by atoms with E-state index in [1.165, 1.54) is 110 Å². The fourth-order valence-electron chi connectivity index (χ4n) is 6.30. The summed E-state index contributed by atoms with van der Waals surface area (Å²) in [4.78, 5) is 64.8. The third kappa shape index (κ3) is 34.3. The number of aromatic nitrogens is 2. The number of imidazole rings is 1. The molecule has 1 aromatic rings. The van der Waals surface area contributed by atoms with Gasteiger partial charge in [-0.05, 0) is 53.0 Å². The first-order valence-electron chi connectivity index (χ1n) is 23.1. The Balaban J connectivity index is 0.00000169. The highest BCUT2D eigenvalue weighted by Crippen LogP contribution is 2.14. The Bertz CT molecular complexity index is 1230. The number of Topliss-reactive ketones (excluding diaryl/α,β-unsaturated/α-hetero) is 1. The summed E-state index contributed by atoms with van der Waals surface area (Å²) in [6.07, 6.45) is 29.0. The van der Waals surface area contributed by atoms with E-state index in [1.807, 2.05) is 6.92 Å². The van der Waals surface area contributed by atoms with Crippen LogP contribution < -0.4 is 32.7 Å². The molecule has 0 aliphatic heterocycles. The third-order valence-electron chi connectivity index (χ3n) is 10.4. The van der Waals surface area contributed by atoms with Gasteiger partial charge in [0, 0.05) is 37.8 Å². The molecule has 0 saturated heterocycles. The van der Waals surface area contributed by atoms with Gasteiger partial charge in [-0.3, -0.25) is 24.0 Å². The molecule has 0 unspecified atom stereocenters. The Kier molecular flexibility index (Phi) is 36.3. The van der Waals surface area contributed by atoms with Gasteiger partial charge < -0.3 is 47.2 Å². The summed E-state index contributed by atoms with van der Waals surface area (Å²) < 4.78 is 10.8. The van der Waals surface area contributed by atoms with Gasteiger partial charge in [0.05, 0.1) is 43.8 Å². The summed E-state index contributed by atoms with van der Waals surface area (Å²) in [5.41, 5.74) is 11.0. The summed E-state index contributed by atoms with van der Waals surface area (Å²) >= 11 is 0. The number of unbranched alkanes of at least 4 members (excludes halogenated alkanes) is 17. The number of nitrogens with zero attached hydrogens (tertiary/aromatic N) is 1. The predicted octanol–water partition coefficient (Wildman–Crippen LogP) is 5.69. The number of hydrogen-bond donors (Lipinski definition) is 7. The maximum atomic E-state index is 12.0. The average Bonchev–Trinajstić information content (AvgIpc) is 3.72. The van der Waals surface area contributed by atoms with Gasteiger partial charge in [-0.1, -0.05) is 117 Å². The minimum absolute atomic E-state index is 0.0131. The average molecular weight is 851 g/mol. The molecule has 0 aliphatic carbocycles. The van der Waals surface area contributed by atoms with Crippen molar-refractivity contribution in [2.45, 2.75) is 193 Å². The van der Waals surface area contributed by atoms with Crippen LogP contribution in [0, 0.1) is 0 Å². The number of nitrogens with one attached hydrogen (secondary N) is 5. The summed E-state index contributed by atoms with van der Waals surface area (Å²) in [5, 5.41) is 11.4. The van der Waals surface area contributed by atoms with Gasteiger partial charge in [-0.15, -0.1) is 0 Å². The number of ether oxygens (including phenoxy) is 2. The third-order valence-corrected chi connectivity index (χ3v) is 10.4. The zero-order valence-corrected chi connectivity index (χ0v) is 38.3. The van der Waals surface area contributed by atoms with Crippen LogP contribution in [-0.2, 0) is 39.9 Å². The highest BCUT2D eigenvalue weighted by molar-refractivity contribution is 5.92. The van der Waals surface area contributed by atoms with E-state index < -0.39 is 11.6 Å². The normalized spacial score (nSPS) is 12.2. The van der Waals surface area contributed by atoms with Gasteiger partial charge in [-0.2, -0.15) is 0 Å². The highest BCUT2D eigenvalue weighted by atomic mass is 16.5. The first kappa shape index (κ1) is 56.6. The molecule has 0 fully saturated rings. The van der Waals surface area contributed by atoms with E-state index in [4.69, 9.17) is 20.9 Å². The van der Waals surface area contributed by atoms with Crippen LogP contribution >= 0.6 is 0 Å². The first-order valence-corrected chi connectivity index (χ1v) is 23.1. The molecule has 2 atom stereocenters. The number of amides is 4. The molecule has 0 radical (unpaired) electrons. The molecule has 0 aromatic carbocycles. The van der Waals surface area contributed by atoms with Gasteiger partial charge in [0.25, 0.3) is 0 Å². The van der Waals surface area contributed by atoms with Crippen molar-refractivity contribution in [3.8, 4) is 0 Å². The number of likely N-dealkylation sites (N-methyl/N-ethyl adjacent to an activating group) is 1. The Morgan fingerprint density at radius 1 is 0.733 bits per heavy atom. The molecule has 0 saturated carbocycles. The van der Waals surface area contributed by atoms with Crippen LogP contribution in [0.25, 0.3) is 0 Å². The van der Waals surface area contributed by atoms with Crippen LogP contribution in [0.1, 0.15) is 175 Å². The quantitative estimate of drug-likeness (QED) is 0.0400. The Morgan fingerprint density at radius 3 is 1.80 bits per heavy atom. The van der Waals surface area contributed by atoms with E-state index in [9.17, 15) is 24.0 Å². The predicted molar refractivity (Wildman–Crippen MR) is 240 cm³/mol. The molecule has 9 N–H and O–H groups in total. The molecule has 1 heterocycles. The second-order valence-electron chi connectivity index (χ2n) is 16.3.